The van der Waals surface area contributed by atoms with Crippen molar-refractivity contribution in [2.45, 2.75) is 58.0 Å². The number of ether oxygens (including phenoxy) is 3. The minimum atomic E-state index is -2.90. The van der Waals surface area contributed by atoms with Crippen molar-refractivity contribution in [3.05, 3.63) is 59.2 Å². The topological polar surface area (TPSA) is 97.3 Å². The largest absolute Gasteiger partial charge is 0.492 e. The van der Waals surface area contributed by atoms with Crippen LogP contribution >= 0.6 is 0 Å². The van der Waals surface area contributed by atoms with Crippen LogP contribution in [0.5, 0.6) is 5.75 Å². The maximum Gasteiger partial charge on any atom is 0.333 e. The number of aliphatic carboxylic acids is 1. The number of nitrogens with one attached hydrogen (secondary N) is 1. The Hall–Kier alpha value is -3.24. The Balaban J connectivity index is 1.55. The van der Waals surface area contributed by atoms with Crippen molar-refractivity contribution in [1.82, 2.24) is 4.90 Å². The van der Waals surface area contributed by atoms with Crippen molar-refractivity contribution < 1.29 is 37.7 Å². The summed E-state index contributed by atoms with van der Waals surface area (Å²) in [5.74, 6) is -3.36. The normalized spacial score (nSPS) is 13.5. The van der Waals surface area contributed by atoms with Gasteiger partial charge in [-0.05, 0) is 67.1 Å². The van der Waals surface area contributed by atoms with E-state index in [1.54, 1.807) is 31.2 Å². The third-order valence-corrected chi connectivity index (χ3v) is 6.59. The molecule has 2 N–H and O–H groups in total. The highest BCUT2D eigenvalue weighted by atomic mass is 19.3. The quantitative estimate of drug-likeness (QED) is 0.281. The number of carbonyl (C=O) groups excluding carboxylic acids is 1. The number of halogens is 2. The molecule has 0 aliphatic heterocycles. The van der Waals surface area contributed by atoms with E-state index in [1.165, 1.54) is 23.0 Å². The van der Waals surface area contributed by atoms with Crippen LogP contribution in [0, 0.1) is 0 Å². The van der Waals surface area contributed by atoms with E-state index in [2.05, 4.69) is 5.32 Å². The molecule has 1 aliphatic carbocycles. The molecule has 1 aliphatic rings. The number of amides is 2. The fourth-order valence-corrected chi connectivity index (χ4v) is 4.29. The van der Waals surface area contributed by atoms with E-state index in [0.29, 0.717) is 18.0 Å². The Bertz CT molecular complexity index is 1080. The number of alkyl halides is 2. The van der Waals surface area contributed by atoms with E-state index < -0.39 is 24.6 Å². The molecule has 0 saturated heterocycles. The summed E-state index contributed by atoms with van der Waals surface area (Å²) in [6.45, 7) is 3.21. The third-order valence-electron chi connectivity index (χ3n) is 6.59. The summed E-state index contributed by atoms with van der Waals surface area (Å²) in [4.78, 5) is 25.8. The molecule has 0 fully saturated rings. The molecule has 214 valence electrons. The van der Waals surface area contributed by atoms with E-state index in [4.69, 9.17) is 14.2 Å². The van der Waals surface area contributed by atoms with Crippen LogP contribution in [0.1, 0.15) is 43.4 Å². The summed E-state index contributed by atoms with van der Waals surface area (Å²) in [6, 6.07) is 12.5. The van der Waals surface area contributed by atoms with Gasteiger partial charge in [-0.15, -0.1) is 0 Å². The average molecular weight is 549 g/mol. The van der Waals surface area contributed by atoms with Crippen molar-refractivity contribution in [3.63, 3.8) is 0 Å². The van der Waals surface area contributed by atoms with Gasteiger partial charge in [0.25, 0.3) is 5.92 Å². The van der Waals surface area contributed by atoms with Crippen molar-refractivity contribution in [2.75, 3.05) is 44.8 Å². The van der Waals surface area contributed by atoms with Gasteiger partial charge in [0.15, 0.2) is 6.10 Å². The van der Waals surface area contributed by atoms with Crippen LogP contribution in [-0.2, 0) is 33.5 Å². The minimum absolute atomic E-state index is 0.0352. The third kappa shape index (κ3) is 9.78. The molecule has 0 radical (unpaired) electrons. The number of hydrogen-bond donors (Lipinski definition) is 2. The van der Waals surface area contributed by atoms with Gasteiger partial charge in [-0.2, -0.15) is 0 Å². The standard InChI is InChI=1S/C29H38F2N2O6/c1-3-29(30,31)20-37-16-14-33(28(36)32-24-11-10-22-6-5-7-23(22)19-24)15-17-39-25-12-8-21(9-13-25)18-26(27(34)35)38-4-2/h8-13,19,26H,3-7,14-18,20H2,1-2H3,(H,32,36)(H,34,35). The highest BCUT2D eigenvalue weighted by Crippen LogP contribution is 2.25. The summed E-state index contributed by atoms with van der Waals surface area (Å²) in [7, 11) is 0. The predicted molar refractivity (Wildman–Crippen MR) is 144 cm³/mol. The highest BCUT2D eigenvalue weighted by Gasteiger charge is 2.26. The van der Waals surface area contributed by atoms with Crippen LogP contribution in [-0.4, -0.2) is 73.6 Å². The molecule has 0 aromatic heterocycles. The van der Waals surface area contributed by atoms with Crippen LogP contribution in [0.15, 0.2) is 42.5 Å². The zero-order valence-corrected chi connectivity index (χ0v) is 22.6. The number of carbonyl (C=O) groups is 2. The van der Waals surface area contributed by atoms with Crippen LogP contribution in [0.25, 0.3) is 0 Å². The van der Waals surface area contributed by atoms with Gasteiger partial charge in [-0.1, -0.05) is 25.1 Å². The molecule has 2 aromatic rings. The van der Waals surface area contributed by atoms with Gasteiger partial charge in [-0.3, -0.25) is 0 Å². The van der Waals surface area contributed by atoms with Crippen molar-refractivity contribution in [2.24, 2.45) is 0 Å². The highest BCUT2D eigenvalue weighted by molar-refractivity contribution is 5.89. The lowest BCUT2D eigenvalue weighted by molar-refractivity contribution is -0.149. The molecule has 0 bridgehead atoms. The second kappa shape index (κ2) is 14.8. The van der Waals surface area contributed by atoms with Crippen molar-refractivity contribution >= 4 is 17.7 Å². The van der Waals surface area contributed by atoms with E-state index in [9.17, 15) is 23.5 Å². The van der Waals surface area contributed by atoms with Crippen molar-refractivity contribution in [3.8, 4) is 5.75 Å². The number of nitrogens with zero attached hydrogens (tertiary/aromatic N) is 1. The molecule has 0 saturated carbocycles. The van der Waals surface area contributed by atoms with Crippen molar-refractivity contribution in [1.29, 1.82) is 0 Å². The maximum absolute atomic E-state index is 13.5. The molecule has 3 rings (SSSR count). The number of hydrogen-bond acceptors (Lipinski definition) is 5. The number of anilines is 1. The lowest BCUT2D eigenvalue weighted by atomic mass is 10.1. The zero-order chi connectivity index (χ0) is 28.3. The summed E-state index contributed by atoms with van der Waals surface area (Å²) < 4.78 is 43.3. The summed E-state index contributed by atoms with van der Waals surface area (Å²) >= 11 is 0. The minimum Gasteiger partial charge on any atom is -0.492 e. The summed E-state index contributed by atoms with van der Waals surface area (Å²) in [5.41, 5.74) is 4.00. The first-order chi connectivity index (χ1) is 18.7. The number of fused-ring (bicyclic) bond motifs is 1. The molecule has 8 nitrogen and oxygen atoms in total. The molecule has 10 heteroatoms. The van der Waals surface area contributed by atoms with Crippen LogP contribution in [0.3, 0.4) is 0 Å². The van der Waals surface area contributed by atoms with Crippen LogP contribution < -0.4 is 10.1 Å². The number of aryl methyl sites for hydroxylation is 2. The molecular formula is C29H38F2N2O6. The second-order valence-corrected chi connectivity index (χ2v) is 9.50. The molecule has 2 amide bonds. The van der Waals surface area contributed by atoms with Gasteiger partial charge in [-0.25, -0.2) is 18.4 Å². The average Bonchev–Trinajstić information content (AvgIpc) is 3.38. The van der Waals surface area contributed by atoms with Gasteiger partial charge >= 0.3 is 12.0 Å². The van der Waals surface area contributed by atoms with E-state index in [1.807, 2.05) is 18.2 Å². The van der Waals surface area contributed by atoms with Crippen LogP contribution in [0.2, 0.25) is 0 Å². The van der Waals surface area contributed by atoms with Gasteiger partial charge in [0.2, 0.25) is 0 Å². The second-order valence-electron chi connectivity index (χ2n) is 9.50. The molecule has 1 atom stereocenters. The lowest BCUT2D eigenvalue weighted by Crippen LogP contribution is -2.40. The Kier molecular flexibility index (Phi) is 11.5. The number of urea groups is 1. The Morgan fingerprint density at radius 3 is 2.46 bits per heavy atom. The first-order valence-corrected chi connectivity index (χ1v) is 13.4. The fraction of sp³-hybridized carbons (Fsp3) is 0.517. The first kappa shape index (κ1) is 30.3. The fourth-order valence-electron chi connectivity index (χ4n) is 4.29. The van der Waals surface area contributed by atoms with Gasteiger partial charge in [0.1, 0.15) is 19.0 Å². The lowest BCUT2D eigenvalue weighted by Gasteiger charge is -2.24. The molecule has 0 spiro atoms. The van der Waals surface area contributed by atoms with Crippen LogP contribution in [0.4, 0.5) is 19.3 Å². The number of rotatable bonds is 16. The molecule has 0 heterocycles. The van der Waals surface area contributed by atoms with E-state index in [0.717, 1.165) is 24.8 Å². The first-order valence-electron chi connectivity index (χ1n) is 13.4. The van der Waals surface area contributed by atoms with Gasteiger partial charge in [0, 0.05) is 31.7 Å². The number of carboxylic acid groups (broad SMARTS) is 1. The van der Waals surface area contributed by atoms with E-state index >= 15 is 0 Å². The molecule has 2 aromatic carbocycles. The smallest absolute Gasteiger partial charge is 0.333 e. The Morgan fingerprint density at radius 1 is 1.05 bits per heavy atom. The molecule has 1 unspecified atom stereocenters. The molecule has 39 heavy (non-hydrogen) atoms. The summed E-state index contributed by atoms with van der Waals surface area (Å²) in [5, 5.41) is 12.2. The monoisotopic (exact) mass is 548 g/mol. The number of benzene rings is 2. The molecular weight excluding hydrogens is 510 g/mol. The maximum atomic E-state index is 13.5. The Labute approximate surface area is 228 Å². The predicted octanol–water partition coefficient (Wildman–Crippen LogP) is 5.18. The Morgan fingerprint density at radius 2 is 1.77 bits per heavy atom. The SMILES string of the molecule is CCOC(Cc1ccc(OCCN(CCOCC(F)(F)CC)C(=O)Nc2ccc3c(c2)CCC3)cc1)C(=O)O. The zero-order valence-electron chi connectivity index (χ0n) is 22.6. The van der Waals surface area contributed by atoms with Gasteiger partial charge in [0.05, 0.1) is 13.2 Å². The number of carboxylic acids is 1. The van der Waals surface area contributed by atoms with Gasteiger partial charge < -0.3 is 29.5 Å². The summed E-state index contributed by atoms with van der Waals surface area (Å²) in [6.07, 6.45) is 2.13. The van der Waals surface area contributed by atoms with E-state index in [-0.39, 0.29) is 45.2 Å².